The summed E-state index contributed by atoms with van der Waals surface area (Å²) in [6.45, 7) is 13.1. The molecular weight excluding hydrogens is 296 g/mol. The van der Waals surface area contributed by atoms with Crippen LogP contribution in [0.2, 0.25) is 0 Å². The third-order valence-electron chi connectivity index (χ3n) is 5.61. The third-order valence-corrected chi connectivity index (χ3v) is 5.61. The second-order valence-electron chi connectivity index (χ2n) is 9.18. The second-order valence-corrected chi connectivity index (χ2v) is 9.18. The van der Waals surface area contributed by atoms with Crippen LogP contribution in [-0.4, -0.2) is 29.9 Å². The van der Waals surface area contributed by atoms with Crippen LogP contribution in [0.25, 0.3) is 0 Å². The van der Waals surface area contributed by atoms with Crippen molar-refractivity contribution in [3.05, 3.63) is 0 Å². The molecule has 1 aliphatic carbocycles. The van der Waals surface area contributed by atoms with E-state index >= 15 is 0 Å². The Labute approximate surface area is 142 Å². The number of nitrogens with zero attached hydrogens (tertiary/aromatic N) is 1. The molecule has 0 aromatic rings. The summed E-state index contributed by atoms with van der Waals surface area (Å²) in [5, 5.41) is 0. The monoisotopic (exact) mass is 330 g/mol. The normalized spacial score (nSPS) is 33.9. The van der Waals surface area contributed by atoms with Crippen LogP contribution >= 0.6 is 12.4 Å². The van der Waals surface area contributed by atoms with Crippen molar-refractivity contribution in [2.45, 2.75) is 72.8 Å². The number of piperidine rings is 1. The van der Waals surface area contributed by atoms with Crippen LogP contribution in [0.5, 0.6) is 0 Å². The summed E-state index contributed by atoms with van der Waals surface area (Å²) in [6, 6.07) is 0.218. The largest absolute Gasteiger partial charge is 0.342 e. The van der Waals surface area contributed by atoms with Gasteiger partial charge in [0, 0.05) is 25.6 Å². The van der Waals surface area contributed by atoms with E-state index in [1.807, 2.05) is 0 Å². The number of rotatable bonds is 2. The number of hydrogen-bond acceptors (Lipinski definition) is 2. The molecule has 1 saturated carbocycles. The van der Waals surface area contributed by atoms with E-state index in [1.54, 1.807) is 0 Å². The molecule has 0 radical (unpaired) electrons. The van der Waals surface area contributed by atoms with Crippen molar-refractivity contribution in [1.82, 2.24) is 4.90 Å². The fourth-order valence-corrected chi connectivity index (χ4v) is 4.66. The molecule has 1 aliphatic heterocycles. The highest BCUT2D eigenvalue weighted by Gasteiger charge is 2.37. The smallest absolute Gasteiger partial charge is 0.222 e. The Kier molecular flexibility index (Phi) is 6.37. The van der Waals surface area contributed by atoms with Gasteiger partial charge in [-0.2, -0.15) is 0 Å². The van der Waals surface area contributed by atoms with Crippen molar-refractivity contribution in [1.29, 1.82) is 0 Å². The van der Waals surface area contributed by atoms with Crippen LogP contribution in [-0.2, 0) is 4.79 Å². The maximum absolute atomic E-state index is 12.7. The number of hydrogen-bond donors (Lipinski definition) is 1. The summed E-state index contributed by atoms with van der Waals surface area (Å²) in [5.41, 5.74) is 6.62. The van der Waals surface area contributed by atoms with Crippen LogP contribution < -0.4 is 5.73 Å². The number of likely N-dealkylation sites (tertiary alicyclic amines) is 1. The first-order valence-electron chi connectivity index (χ1n) is 8.62. The Morgan fingerprint density at radius 3 is 2.41 bits per heavy atom. The first-order valence-corrected chi connectivity index (χ1v) is 8.62. The molecule has 2 rings (SSSR count). The van der Waals surface area contributed by atoms with Crippen molar-refractivity contribution in [2.75, 3.05) is 13.1 Å². The fraction of sp³-hybridized carbons (Fsp3) is 0.944. The zero-order valence-corrected chi connectivity index (χ0v) is 15.8. The Bertz CT molecular complexity index is 395. The van der Waals surface area contributed by atoms with E-state index in [4.69, 9.17) is 5.73 Å². The van der Waals surface area contributed by atoms with Gasteiger partial charge in [0.15, 0.2) is 0 Å². The van der Waals surface area contributed by atoms with Crippen molar-refractivity contribution in [2.24, 2.45) is 28.4 Å². The summed E-state index contributed by atoms with van der Waals surface area (Å²) in [5.74, 6) is 1.66. The molecule has 130 valence electrons. The van der Waals surface area contributed by atoms with E-state index in [0.29, 0.717) is 17.2 Å². The lowest BCUT2D eigenvalue weighted by Gasteiger charge is -2.44. The lowest BCUT2D eigenvalue weighted by atomic mass is 9.67. The summed E-state index contributed by atoms with van der Waals surface area (Å²) >= 11 is 0. The lowest BCUT2D eigenvalue weighted by Crippen LogP contribution is -2.54. The summed E-state index contributed by atoms with van der Waals surface area (Å²) in [7, 11) is 0. The third kappa shape index (κ3) is 4.86. The van der Waals surface area contributed by atoms with Crippen molar-refractivity contribution >= 4 is 18.3 Å². The Morgan fingerprint density at radius 1 is 1.23 bits per heavy atom. The lowest BCUT2D eigenvalue weighted by molar-refractivity contribution is -0.136. The molecule has 0 spiro atoms. The molecule has 22 heavy (non-hydrogen) atoms. The van der Waals surface area contributed by atoms with Crippen LogP contribution in [0, 0.1) is 22.7 Å². The van der Waals surface area contributed by atoms with E-state index < -0.39 is 0 Å². The molecule has 0 aromatic carbocycles. The van der Waals surface area contributed by atoms with E-state index in [0.717, 1.165) is 31.8 Å². The SMILES string of the molecule is CC1CC(CC(=O)N2CCC(N)C(C)(C)C2)CC(C)(C)C1.Cl. The number of carbonyl (C=O) groups is 1. The molecule has 2 N–H and O–H groups in total. The van der Waals surface area contributed by atoms with Gasteiger partial charge in [-0.05, 0) is 48.3 Å². The van der Waals surface area contributed by atoms with Gasteiger partial charge in [0.2, 0.25) is 5.91 Å². The van der Waals surface area contributed by atoms with E-state index in [2.05, 4.69) is 39.5 Å². The van der Waals surface area contributed by atoms with Crippen LogP contribution in [0.1, 0.15) is 66.7 Å². The average Bonchev–Trinajstić information content (AvgIpc) is 2.29. The van der Waals surface area contributed by atoms with Crippen LogP contribution in [0.3, 0.4) is 0 Å². The second kappa shape index (κ2) is 7.09. The minimum absolute atomic E-state index is 0. The molecule has 1 heterocycles. The molecular formula is C18H35ClN2O. The van der Waals surface area contributed by atoms with Gasteiger partial charge in [-0.15, -0.1) is 12.4 Å². The van der Waals surface area contributed by atoms with Gasteiger partial charge in [-0.25, -0.2) is 0 Å². The zero-order chi connectivity index (χ0) is 15.8. The maximum Gasteiger partial charge on any atom is 0.222 e. The van der Waals surface area contributed by atoms with Gasteiger partial charge >= 0.3 is 0 Å². The first-order chi connectivity index (χ1) is 9.59. The molecule has 1 amide bonds. The highest BCUT2D eigenvalue weighted by Crippen LogP contribution is 2.43. The molecule has 3 unspecified atom stereocenters. The quantitative estimate of drug-likeness (QED) is 0.836. The predicted molar refractivity (Wildman–Crippen MR) is 95.1 cm³/mol. The molecule has 3 nitrogen and oxygen atoms in total. The summed E-state index contributed by atoms with van der Waals surface area (Å²) < 4.78 is 0. The summed E-state index contributed by atoms with van der Waals surface area (Å²) in [4.78, 5) is 14.7. The zero-order valence-electron chi connectivity index (χ0n) is 15.0. The topological polar surface area (TPSA) is 46.3 Å². The van der Waals surface area contributed by atoms with Gasteiger partial charge in [-0.1, -0.05) is 34.6 Å². The molecule has 0 aromatic heterocycles. The van der Waals surface area contributed by atoms with E-state index in [9.17, 15) is 4.79 Å². The van der Waals surface area contributed by atoms with Crippen LogP contribution in [0.4, 0.5) is 0 Å². The first kappa shape index (κ1) is 19.8. The number of carbonyl (C=O) groups excluding carboxylic acids is 1. The van der Waals surface area contributed by atoms with Gasteiger partial charge in [0.1, 0.15) is 0 Å². The minimum Gasteiger partial charge on any atom is -0.342 e. The van der Waals surface area contributed by atoms with Crippen LogP contribution in [0.15, 0.2) is 0 Å². The number of halogens is 1. The molecule has 2 aliphatic rings. The Morgan fingerprint density at radius 2 is 1.86 bits per heavy atom. The Hall–Kier alpha value is -0.280. The standard InChI is InChI=1S/C18H34N2O.ClH/c1-13-8-14(11-17(2,3)10-13)9-16(21)20-7-6-15(19)18(4,5)12-20;/h13-15H,6-12,19H2,1-5H3;1H. The van der Waals surface area contributed by atoms with Gasteiger partial charge in [0.25, 0.3) is 0 Å². The highest BCUT2D eigenvalue weighted by molar-refractivity contribution is 5.85. The molecule has 4 heteroatoms. The Balaban J connectivity index is 0.00000242. The summed E-state index contributed by atoms with van der Waals surface area (Å²) in [6.07, 6.45) is 5.37. The number of amides is 1. The molecule has 2 fully saturated rings. The van der Waals surface area contributed by atoms with E-state index in [1.165, 1.54) is 19.3 Å². The predicted octanol–water partition coefficient (Wildman–Crippen LogP) is 3.85. The highest BCUT2D eigenvalue weighted by atomic mass is 35.5. The van der Waals surface area contributed by atoms with Gasteiger partial charge in [-0.3, -0.25) is 4.79 Å². The van der Waals surface area contributed by atoms with Crippen molar-refractivity contribution in [3.8, 4) is 0 Å². The minimum atomic E-state index is 0. The fourth-order valence-electron chi connectivity index (χ4n) is 4.66. The maximum atomic E-state index is 12.7. The molecule has 3 atom stereocenters. The molecule has 1 saturated heterocycles. The van der Waals surface area contributed by atoms with E-state index in [-0.39, 0.29) is 23.9 Å². The van der Waals surface area contributed by atoms with Crippen molar-refractivity contribution < 1.29 is 4.79 Å². The van der Waals surface area contributed by atoms with Gasteiger partial charge < -0.3 is 10.6 Å². The van der Waals surface area contributed by atoms with Crippen molar-refractivity contribution in [3.63, 3.8) is 0 Å². The molecule has 0 bridgehead atoms. The van der Waals surface area contributed by atoms with Gasteiger partial charge in [0.05, 0.1) is 0 Å². The average molecular weight is 331 g/mol. The number of nitrogens with two attached hydrogens (primary N) is 1.